The van der Waals surface area contributed by atoms with Gasteiger partial charge in [0.25, 0.3) is 5.91 Å². The van der Waals surface area contributed by atoms with Crippen molar-refractivity contribution in [2.45, 2.75) is 20.4 Å². The number of esters is 1. The van der Waals surface area contributed by atoms with Gasteiger partial charge in [0, 0.05) is 13.6 Å². The van der Waals surface area contributed by atoms with Gasteiger partial charge in [0.1, 0.15) is 5.00 Å². The fraction of sp³-hybridized carbons (Fsp3) is 0.389. The third kappa shape index (κ3) is 5.38. The van der Waals surface area contributed by atoms with E-state index in [2.05, 4.69) is 10.6 Å². The van der Waals surface area contributed by atoms with Crippen molar-refractivity contribution in [2.75, 3.05) is 32.6 Å². The van der Waals surface area contributed by atoms with E-state index in [1.54, 1.807) is 25.2 Å². The third-order valence-electron chi connectivity index (χ3n) is 3.76. The Morgan fingerprint density at radius 3 is 2.63 bits per heavy atom. The number of thiophene rings is 2. The Hall–Kier alpha value is -2.23. The van der Waals surface area contributed by atoms with E-state index in [0.29, 0.717) is 22.0 Å². The molecule has 2 rings (SSSR count). The van der Waals surface area contributed by atoms with Gasteiger partial charge in [-0.2, -0.15) is 11.3 Å². The average Bonchev–Trinajstić information content (AvgIpc) is 3.22. The number of anilines is 1. The molecule has 2 aromatic heterocycles. The molecule has 0 unspecified atom stereocenters. The Balaban J connectivity index is 2.16. The van der Waals surface area contributed by atoms with Crippen molar-refractivity contribution >= 4 is 45.5 Å². The molecule has 0 aliphatic heterocycles. The number of ether oxygens (including phenoxy) is 1. The molecule has 9 heteroatoms. The summed E-state index contributed by atoms with van der Waals surface area (Å²) in [6.07, 6.45) is 0. The number of hydrogen-bond acceptors (Lipinski definition) is 7. The normalized spacial score (nSPS) is 10.7. The Kier molecular flexibility index (Phi) is 7.52. The van der Waals surface area contributed by atoms with Crippen molar-refractivity contribution in [1.29, 1.82) is 0 Å². The topological polar surface area (TPSA) is 87.7 Å². The van der Waals surface area contributed by atoms with E-state index in [4.69, 9.17) is 4.74 Å². The lowest BCUT2D eigenvalue weighted by atomic mass is 10.1. The van der Waals surface area contributed by atoms with Gasteiger partial charge >= 0.3 is 5.97 Å². The van der Waals surface area contributed by atoms with Gasteiger partial charge in [0.2, 0.25) is 5.91 Å². The summed E-state index contributed by atoms with van der Waals surface area (Å²) in [5.41, 5.74) is 1.87. The Labute approximate surface area is 166 Å². The van der Waals surface area contributed by atoms with E-state index in [-0.39, 0.29) is 30.5 Å². The maximum absolute atomic E-state index is 12.4. The summed E-state index contributed by atoms with van der Waals surface area (Å²) in [4.78, 5) is 39.1. The van der Waals surface area contributed by atoms with Crippen LogP contribution >= 0.6 is 22.7 Å². The molecule has 0 atom stereocenters. The molecule has 0 saturated carbocycles. The van der Waals surface area contributed by atoms with Gasteiger partial charge in [-0.05, 0) is 48.8 Å². The van der Waals surface area contributed by atoms with Crippen LogP contribution in [-0.2, 0) is 16.1 Å². The van der Waals surface area contributed by atoms with Gasteiger partial charge in [-0.3, -0.25) is 14.5 Å². The maximum atomic E-state index is 12.4. The van der Waals surface area contributed by atoms with E-state index >= 15 is 0 Å². The summed E-state index contributed by atoms with van der Waals surface area (Å²) >= 11 is 2.68. The molecule has 0 fully saturated rings. The molecule has 2 aromatic rings. The molecule has 7 nitrogen and oxygen atoms in total. The molecule has 2 amide bonds. The van der Waals surface area contributed by atoms with Crippen molar-refractivity contribution in [2.24, 2.45) is 0 Å². The second kappa shape index (κ2) is 9.63. The van der Waals surface area contributed by atoms with Crippen LogP contribution in [0.15, 0.2) is 16.8 Å². The summed E-state index contributed by atoms with van der Waals surface area (Å²) in [6, 6.07) is 2.01. The molecule has 0 spiro atoms. The predicted molar refractivity (Wildman–Crippen MR) is 108 cm³/mol. The molecule has 0 bridgehead atoms. The molecular formula is C18H23N3O4S2. The van der Waals surface area contributed by atoms with Crippen LogP contribution < -0.4 is 10.6 Å². The van der Waals surface area contributed by atoms with Crippen molar-refractivity contribution in [3.8, 4) is 0 Å². The summed E-state index contributed by atoms with van der Waals surface area (Å²) in [6.45, 7) is 4.39. The molecule has 146 valence electrons. The SMILES string of the molecule is CCOC(=O)c1c(NC(=O)CN(C)Cc2ccsc2)sc(C(=O)NC)c1C. The van der Waals surface area contributed by atoms with Crippen LogP contribution in [0.5, 0.6) is 0 Å². The van der Waals surface area contributed by atoms with Crippen LogP contribution in [0, 0.1) is 6.92 Å². The minimum absolute atomic E-state index is 0.157. The number of likely N-dealkylation sites (N-methyl/N-ethyl adjacent to an activating group) is 1. The monoisotopic (exact) mass is 409 g/mol. The highest BCUT2D eigenvalue weighted by Crippen LogP contribution is 2.33. The summed E-state index contributed by atoms with van der Waals surface area (Å²) < 4.78 is 5.08. The zero-order valence-corrected chi connectivity index (χ0v) is 17.4. The van der Waals surface area contributed by atoms with E-state index in [9.17, 15) is 14.4 Å². The van der Waals surface area contributed by atoms with Crippen LogP contribution in [0.1, 0.15) is 38.1 Å². The van der Waals surface area contributed by atoms with Crippen molar-refractivity contribution < 1.29 is 19.1 Å². The number of rotatable bonds is 8. The lowest BCUT2D eigenvalue weighted by Gasteiger charge is -2.15. The zero-order chi connectivity index (χ0) is 20.0. The first kappa shape index (κ1) is 21.1. The lowest BCUT2D eigenvalue weighted by Crippen LogP contribution is -2.30. The first-order valence-electron chi connectivity index (χ1n) is 8.39. The van der Waals surface area contributed by atoms with Gasteiger partial charge in [-0.25, -0.2) is 4.79 Å². The summed E-state index contributed by atoms with van der Waals surface area (Å²) in [5, 5.41) is 9.66. The van der Waals surface area contributed by atoms with Crippen LogP contribution in [0.3, 0.4) is 0 Å². The highest BCUT2D eigenvalue weighted by Gasteiger charge is 2.26. The number of carbonyl (C=O) groups excluding carboxylic acids is 3. The fourth-order valence-electron chi connectivity index (χ4n) is 2.54. The summed E-state index contributed by atoms with van der Waals surface area (Å²) in [7, 11) is 3.36. The predicted octanol–water partition coefficient (Wildman–Crippen LogP) is 2.72. The number of hydrogen-bond donors (Lipinski definition) is 2. The number of carbonyl (C=O) groups is 3. The summed E-state index contributed by atoms with van der Waals surface area (Å²) in [5.74, 6) is -1.12. The first-order chi connectivity index (χ1) is 12.9. The molecule has 0 aromatic carbocycles. The smallest absolute Gasteiger partial charge is 0.341 e. The largest absolute Gasteiger partial charge is 0.462 e. The highest BCUT2D eigenvalue weighted by molar-refractivity contribution is 7.18. The maximum Gasteiger partial charge on any atom is 0.341 e. The molecular weight excluding hydrogens is 386 g/mol. The second-order valence-corrected chi connectivity index (χ2v) is 7.71. The fourth-order valence-corrected chi connectivity index (χ4v) is 4.36. The quantitative estimate of drug-likeness (QED) is 0.655. The average molecular weight is 410 g/mol. The van der Waals surface area contributed by atoms with Crippen LogP contribution in [0.2, 0.25) is 0 Å². The minimum Gasteiger partial charge on any atom is -0.462 e. The van der Waals surface area contributed by atoms with Crippen molar-refractivity contribution in [3.05, 3.63) is 38.4 Å². The van der Waals surface area contributed by atoms with Crippen LogP contribution in [0.4, 0.5) is 5.00 Å². The van der Waals surface area contributed by atoms with Gasteiger partial charge in [0.05, 0.1) is 23.6 Å². The van der Waals surface area contributed by atoms with E-state index < -0.39 is 5.97 Å². The third-order valence-corrected chi connectivity index (χ3v) is 5.70. The highest BCUT2D eigenvalue weighted by atomic mass is 32.1. The van der Waals surface area contributed by atoms with E-state index in [1.807, 2.05) is 28.8 Å². The molecule has 0 aliphatic carbocycles. The Morgan fingerprint density at radius 1 is 1.30 bits per heavy atom. The van der Waals surface area contributed by atoms with Crippen molar-refractivity contribution in [1.82, 2.24) is 10.2 Å². The van der Waals surface area contributed by atoms with Crippen LogP contribution in [0.25, 0.3) is 0 Å². The number of nitrogens with zero attached hydrogens (tertiary/aromatic N) is 1. The Bertz CT molecular complexity index is 815. The van der Waals surface area contributed by atoms with Gasteiger partial charge in [-0.15, -0.1) is 11.3 Å². The molecule has 2 N–H and O–H groups in total. The van der Waals surface area contributed by atoms with Gasteiger partial charge in [0.15, 0.2) is 0 Å². The molecule has 2 heterocycles. The zero-order valence-electron chi connectivity index (χ0n) is 15.8. The standard InChI is InChI=1S/C18H23N3O4S2/c1-5-25-18(24)14-11(2)15(16(23)19-3)27-17(14)20-13(22)9-21(4)8-12-6-7-26-10-12/h6-7,10H,5,8-9H2,1-4H3,(H,19,23)(H,20,22). The Morgan fingerprint density at radius 2 is 2.04 bits per heavy atom. The van der Waals surface area contributed by atoms with Gasteiger partial charge < -0.3 is 15.4 Å². The minimum atomic E-state index is -0.552. The van der Waals surface area contributed by atoms with E-state index in [1.165, 1.54) is 7.05 Å². The molecule has 0 saturated heterocycles. The molecule has 27 heavy (non-hydrogen) atoms. The lowest BCUT2D eigenvalue weighted by molar-refractivity contribution is -0.117. The van der Waals surface area contributed by atoms with Crippen molar-refractivity contribution in [3.63, 3.8) is 0 Å². The molecule has 0 aliphatic rings. The first-order valence-corrected chi connectivity index (χ1v) is 10.1. The van der Waals surface area contributed by atoms with E-state index in [0.717, 1.165) is 16.9 Å². The van der Waals surface area contributed by atoms with Crippen LogP contribution in [-0.4, -0.2) is 49.9 Å². The number of amides is 2. The van der Waals surface area contributed by atoms with Gasteiger partial charge in [-0.1, -0.05) is 0 Å². The molecule has 0 radical (unpaired) electrons. The second-order valence-electron chi connectivity index (χ2n) is 5.91. The number of nitrogens with one attached hydrogen (secondary N) is 2.